The van der Waals surface area contributed by atoms with Crippen LogP contribution >= 0.6 is 0 Å². The molecule has 0 unspecified atom stereocenters. The molecule has 5 nitrogen and oxygen atoms in total. The number of aryl methyl sites for hydroxylation is 1. The SMILES string of the molecule is CC(C)(C)C(=O)N1CCN(C(=O)CCc2ccco2)CC1. The Bertz CT molecular complexity index is 480. The van der Waals surface area contributed by atoms with Crippen molar-refractivity contribution in [3.05, 3.63) is 24.2 Å². The molecule has 5 heteroatoms. The summed E-state index contributed by atoms with van der Waals surface area (Å²) in [6.07, 6.45) is 2.71. The number of carbonyl (C=O) groups is 2. The van der Waals surface area contributed by atoms with Crippen molar-refractivity contribution >= 4 is 11.8 Å². The normalized spacial score (nSPS) is 16.1. The van der Waals surface area contributed by atoms with Gasteiger partial charge >= 0.3 is 0 Å². The lowest BCUT2D eigenvalue weighted by Crippen LogP contribution is -2.53. The van der Waals surface area contributed by atoms with Crippen molar-refractivity contribution in [2.45, 2.75) is 33.6 Å². The average Bonchev–Trinajstić information content (AvgIpc) is 2.96. The van der Waals surface area contributed by atoms with Gasteiger partial charge in [0.1, 0.15) is 5.76 Å². The molecule has 1 aliphatic heterocycles. The Labute approximate surface area is 125 Å². The fraction of sp³-hybridized carbons (Fsp3) is 0.625. The van der Waals surface area contributed by atoms with Crippen LogP contribution in [-0.4, -0.2) is 47.8 Å². The molecule has 1 aliphatic rings. The molecule has 0 saturated carbocycles. The topological polar surface area (TPSA) is 53.8 Å². The molecule has 1 saturated heterocycles. The first kappa shape index (κ1) is 15.6. The quantitative estimate of drug-likeness (QED) is 0.855. The van der Waals surface area contributed by atoms with Gasteiger partial charge in [-0.05, 0) is 12.1 Å². The van der Waals surface area contributed by atoms with Crippen LogP contribution in [0.2, 0.25) is 0 Å². The third-order valence-electron chi connectivity index (χ3n) is 3.73. The van der Waals surface area contributed by atoms with Crippen LogP contribution in [0.5, 0.6) is 0 Å². The van der Waals surface area contributed by atoms with E-state index < -0.39 is 0 Å². The molecule has 2 heterocycles. The first-order valence-electron chi connectivity index (χ1n) is 7.47. The van der Waals surface area contributed by atoms with E-state index in [0.717, 1.165) is 5.76 Å². The smallest absolute Gasteiger partial charge is 0.228 e. The summed E-state index contributed by atoms with van der Waals surface area (Å²) < 4.78 is 5.23. The van der Waals surface area contributed by atoms with Crippen molar-refractivity contribution in [3.63, 3.8) is 0 Å². The Kier molecular flexibility index (Phi) is 4.70. The van der Waals surface area contributed by atoms with Crippen molar-refractivity contribution in [2.24, 2.45) is 5.41 Å². The zero-order chi connectivity index (χ0) is 15.5. The molecule has 2 amide bonds. The summed E-state index contributed by atoms with van der Waals surface area (Å²) in [5.41, 5.74) is -0.356. The monoisotopic (exact) mass is 292 g/mol. The summed E-state index contributed by atoms with van der Waals surface area (Å²) in [5, 5.41) is 0. The minimum Gasteiger partial charge on any atom is -0.469 e. The van der Waals surface area contributed by atoms with Gasteiger partial charge in [-0.2, -0.15) is 0 Å². The number of furan rings is 1. The predicted molar refractivity (Wildman–Crippen MR) is 79.6 cm³/mol. The molecule has 0 atom stereocenters. The predicted octanol–water partition coefficient (Wildman–Crippen LogP) is 1.93. The third kappa shape index (κ3) is 4.09. The minimum atomic E-state index is -0.356. The van der Waals surface area contributed by atoms with Crippen LogP contribution < -0.4 is 0 Å². The van der Waals surface area contributed by atoms with Crippen LogP contribution in [-0.2, 0) is 16.0 Å². The Hall–Kier alpha value is -1.78. The van der Waals surface area contributed by atoms with E-state index in [1.165, 1.54) is 0 Å². The molecule has 0 N–H and O–H groups in total. The number of piperazine rings is 1. The summed E-state index contributed by atoms with van der Waals surface area (Å²) in [5.74, 6) is 1.13. The highest BCUT2D eigenvalue weighted by atomic mass is 16.3. The molecule has 2 rings (SSSR count). The maximum Gasteiger partial charge on any atom is 0.228 e. The summed E-state index contributed by atoms with van der Waals surface area (Å²) in [7, 11) is 0. The highest BCUT2D eigenvalue weighted by molar-refractivity contribution is 5.82. The average molecular weight is 292 g/mol. The Morgan fingerprint density at radius 1 is 1.14 bits per heavy atom. The molecular weight excluding hydrogens is 268 g/mol. The fourth-order valence-electron chi connectivity index (χ4n) is 2.48. The van der Waals surface area contributed by atoms with E-state index >= 15 is 0 Å². The second kappa shape index (κ2) is 6.33. The largest absolute Gasteiger partial charge is 0.469 e. The van der Waals surface area contributed by atoms with E-state index in [1.807, 2.05) is 42.7 Å². The van der Waals surface area contributed by atoms with E-state index in [0.29, 0.717) is 39.0 Å². The number of amides is 2. The molecule has 0 aromatic carbocycles. The third-order valence-corrected chi connectivity index (χ3v) is 3.73. The highest BCUT2D eigenvalue weighted by Gasteiger charge is 2.30. The van der Waals surface area contributed by atoms with Crippen molar-refractivity contribution in [3.8, 4) is 0 Å². The van der Waals surface area contributed by atoms with Crippen molar-refractivity contribution in [1.82, 2.24) is 9.80 Å². The second-order valence-corrected chi connectivity index (χ2v) is 6.50. The number of nitrogens with zero attached hydrogens (tertiary/aromatic N) is 2. The zero-order valence-corrected chi connectivity index (χ0v) is 13.1. The molecule has 21 heavy (non-hydrogen) atoms. The maximum atomic E-state index is 12.2. The Balaban J connectivity index is 1.78. The first-order valence-corrected chi connectivity index (χ1v) is 7.47. The highest BCUT2D eigenvalue weighted by Crippen LogP contribution is 2.19. The van der Waals surface area contributed by atoms with Crippen LogP contribution in [0.25, 0.3) is 0 Å². The molecule has 1 fully saturated rings. The molecule has 0 aliphatic carbocycles. The Morgan fingerprint density at radius 3 is 2.29 bits per heavy atom. The van der Waals surface area contributed by atoms with Gasteiger partial charge in [0.05, 0.1) is 6.26 Å². The standard InChI is InChI=1S/C16H24N2O3/c1-16(2,3)15(20)18-10-8-17(9-11-18)14(19)7-6-13-5-4-12-21-13/h4-5,12H,6-11H2,1-3H3. The lowest BCUT2D eigenvalue weighted by molar-refractivity contribution is -0.144. The number of hydrogen-bond donors (Lipinski definition) is 0. The maximum absolute atomic E-state index is 12.2. The molecule has 0 radical (unpaired) electrons. The van der Waals surface area contributed by atoms with E-state index in [-0.39, 0.29) is 17.2 Å². The second-order valence-electron chi connectivity index (χ2n) is 6.50. The van der Waals surface area contributed by atoms with E-state index in [1.54, 1.807) is 6.26 Å². The Morgan fingerprint density at radius 2 is 1.76 bits per heavy atom. The number of carbonyl (C=O) groups excluding carboxylic acids is 2. The lowest BCUT2D eigenvalue weighted by Gasteiger charge is -2.37. The van der Waals surface area contributed by atoms with Gasteiger partial charge in [0.25, 0.3) is 0 Å². The lowest BCUT2D eigenvalue weighted by atomic mass is 9.94. The fourth-order valence-corrected chi connectivity index (χ4v) is 2.48. The van der Waals surface area contributed by atoms with Crippen molar-refractivity contribution < 1.29 is 14.0 Å². The first-order chi connectivity index (χ1) is 9.88. The van der Waals surface area contributed by atoms with Gasteiger partial charge < -0.3 is 14.2 Å². The molecule has 1 aromatic heterocycles. The number of hydrogen-bond acceptors (Lipinski definition) is 3. The van der Waals surface area contributed by atoms with E-state index in [4.69, 9.17) is 4.42 Å². The molecule has 0 spiro atoms. The van der Waals surface area contributed by atoms with Gasteiger partial charge in [-0.25, -0.2) is 0 Å². The van der Waals surface area contributed by atoms with Crippen LogP contribution in [0.1, 0.15) is 33.0 Å². The van der Waals surface area contributed by atoms with Crippen molar-refractivity contribution in [2.75, 3.05) is 26.2 Å². The van der Waals surface area contributed by atoms with Crippen LogP contribution in [0, 0.1) is 5.41 Å². The van der Waals surface area contributed by atoms with E-state index in [9.17, 15) is 9.59 Å². The van der Waals surface area contributed by atoms with Gasteiger partial charge in [-0.1, -0.05) is 20.8 Å². The zero-order valence-electron chi connectivity index (χ0n) is 13.1. The molecule has 116 valence electrons. The number of rotatable bonds is 3. The molecule has 1 aromatic rings. The van der Waals surface area contributed by atoms with Crippen LogP contribution in [0.3, 0.4) is 0 Å². The van der Waals surface area contributed by atoms with Gasteiger partial charge in [0, 0.05) is 44.4 Å². The summed E-state index contributed by atoms with van der Waals surface area (Å²) in [4.78, 5) is 28.0. The van der Waals surface area contributed by atoms with Gasteiger partial charge in [-0.15, -0.1) is 0 Å². The summed E-state index contributed by atoms with van der Waals surface area (Å²) >= 11 is 0. The molecular formula is C16H24N2O3. The van der Waals surface area contributed by atoms with Crippen molar-refractivity contribution in [1.29, 1.82) is 0 Å². The minimum absolute atomic E-state index is 0.134. The van der Waals surface area contributed by atoms with Gasteiger partial charge in [0.15, 0.2) is 0 Å². The van der Waals surface area contributed by atoms with Gasteiger partial charge in [0.2, 0.25) is 11.8 Å². The van der Waals surface area contributed by atoms with Crippen LogP contribution in [0.15, 0.2) is 22.8 Å². The summed E-state index contributed by atoms with van der Waals surface area (Å²) in [6, 6.07) is 3.71. The molecule has 0 bridgehead atoms. The van der Waals surface area contributed by atoms with E-state index in [2.05, 4.69) is 0 Å². The summed E-state index contributed by atoms with van der Waals surface area (Å²) in [6.45, 7) is 8.28. The van der Waals surface area contributed by atoms with Gasteiger partial charge in [-0.3, -0.25) is 9.59 Å². The van der Waals surface area contributed by atoms with Crippen LogP contribution in [0.4, 0.5) is 0 Å².